The topological polar surface area (TPSA) is 109 Å². The molecule has 44 heavy (non-hydrogen) atoms. The van der Waals surface area contributed by atoms with Gasteiger partial charge >= 0.3 is 11.9 Å². The summed E-state index contributed by atoms with van der Waals surface area (Å²) in [6.07, 6.45) is 7.88. The molecule has 2 aromatic heterocycles. The molecule has 2 aliphatic heterocycles. The maximum atomic E-state index is 13.2. The number of pyridine rings is 2. The van der Waals surface area contributed by atoms with E-state index in [4.69, 9.17) is 32.9 Å². The molecule has 2 saturated heterocycles. The molecule has 2 aliphatic rings. The molecular formula is C32H44Cl2N6O4. The molecule has 0 atom stereocenters. The number of carbonyl (C=O) groups is 2. The third kappa shape index (κ3) is 9.30. The van der Waals surface area contributed by atoms with Crippen molar-refractivity contribution in [2.45, 2.75) is 115 Å². The Labute approximate surface area is 270 Å². The standard InChI is InChI=1S/C32H44Cl2N6O4/c1-29(2)15-23(16-30(3,4)37-29)39(25-11-9-21(33)19-35-25)43-27(41)13-14-28(42)44-40(26-12-10-22(34)20-36-26)24-17-31(5,6)38-32(7,8)18-24/h9-14,19-20,23-24,37-38H,15-18H2,1-8H3/b14-13+. The maximum absolute atomic E-state index is 13.2. The molecule has 12 heteroatoms. The van der Waals surface area contributed by atoms with Crippen LogP contribution in [0.1, 0.15) is 81.1 Å². The van der Waals surface area contributed by atoms with E-state index in [1.807, 2.05) is 0 Å². The summed E-state index contributed by atoms with van der Waals surface area (Å²) in [6.45, 7) is 16.9. The van der Waals surface area contributed by atoms with Crippen molar-refractivity contribution < 1.29 is 19.3 Å². The van der Waals surface area contributed by atoms with Crippen molar-refractivity contribution in [2.75, 3.05) is 10.1 Å². The SMILES string of the molecule is CC1(C)CC(N(OC(=O)/C=C/C(=O)ON(c2ccc(Cl)cn2)C2CC(C)(C)NC(C)(C)C2)c2ccc(Cl)cn2)CC(C)(C)N1. The van der Waals surface area contributed by atoms with Crippen molar-refractivity contribution >= 4 is 46.8 Å². The fourth-order valence-corrected chi connectivity index (χ4v) is 7.10. The summed E-state index contributed by atoms with van der Waals surface area (Å²) < 4.78 is 0. The molecule has 10 nitrogen and oxygen atoms in total. The average molecular weight is 648 g/mol. The fourth-order valence-electron chi connectivity index (χ4n) is 6.87. The van der Waals surface area contributed by atoms with Crippen LogP contribution in [0.5, 0.6) is 0 Å². The van der Waals surface area contributed by atoms with Crippen molar-refractivity contribution in [2.24, 2.45) is 0 Å². The second kappa shape index (κ2) is 12.8. The number of rotatable bonds is 8. The fraction of sp³-hybridized carbons (Fsp3) is 0.562. The Kier molecular flexibility index (Phi) is 9.90. The van der Waals surface area contributed by atoms with E-state index < -0.39 is 11.9 Å². The molecule has 0 radical (unpaired) electrons. The molecule has 4 rings (SSSR count). The second-order valence-corrected chi connectivity index (χ2v) is 15.3. The van der Waals surface area contributed by atoms with E-state index in [2.05, 4.69) is 76.0 Å². The van der Waals surface area contributed by atoms with Gasteiger partial charge in [-0.05, 0) is 105 Å². The predicted octanol–water partition coefficient (Wildman–Crippen LogP) is 6.19. The lowest BCUT2D eigenvalue weighted by Gasteiger charge is -2.48. The summed E-state index contributed by atoms with van der Waals surface area (Å²) in [5.74, 6) is -0.608. The Morgan fingerprint density at radius 2 is 1.00 bits per heavy atom. The summed E-state index contributed by atoms with van der Waals surface area (Å²) in [4.78, 5) is 46.8. The first-order valence-corrected chi connectivity index (χ1v) is 15.6. The third-order valence-electron chi connectivity index (χ3n) is 7.61. The number of nitrogens with zero attached hydrogens (tertiary/aromatic N) is 4. The van der Waals surface area contributed by atoms with Crippen molar-refractivity contribution in [3.63, 3.8) is 0 Å². The monoisotopic (exact) mass is 646 g/mol. The third-order valence-corrected chi connectivity index (χ3v) is 8.06. The molecule has 0 aliphatic carbocycles. The lowest BCUT2D eigenvalue weighted by Crippen LogP contribution is -2.62. The van der Waals surface area contributed by atoms with E-state index in [-0.39, 0.29) is 34.2 Å². The van der Waals surface area contributed by atoms with Gasteiger partial charge in [-0.1, -0.05) is 23.2 Å². The minimum absolute atomic E-state index is 0.183. The first kappa shape index (κ1) is 34.0. The largest absolute Gasteiger partial charge is 0.356 e. The Morgan fingerprint density at radius 3 is 1.27 bits per heavy atom. The number of hydrogen-bond donors (Lipinski definition) is 2. The highest BCUT2D eigenvalue weighted by atomic mass is 35.5. The van der Waals surface area contributed by atoms with Gasteiger partial charge in [-0.3, -0.25) is 0 Å². The van der Waals surface area contributed by atoms with Crippen molar-refractivity contribution in [1.82, 2.24) is 20.6 Å². The lowest BCUT2D eigenvalue weighted by molar-refractivity contribution is -0.144. The molecule has 2 aromatic rings. The van der Waals surface area contributed by atoms with E-state index in [1.54, 1.807) is 24.3 Å². The Balaban J connectivity index is 1.53. The molecule has 240 valence electrons. The van der Waals surface area contributed by atoms with Gasteiger partial charge in [0, 0.05) is 46.7 Å². The molecule has 0 unspecified atom stereocenters. The molecule has 0 bridgehead atoms. The number of piperidine rings is 2. The summed E-state index contributed by atoms with van der Waals surface area (Å²) in [6, 6.07) is 6.42. The molecule has 2 N–H and O–H groups in total. The van der Waals surface area contributed by atoms with Crippen LogP contribution >= 0.6 is 23.2 Å². The highest BCUT2D eigenvalue weighted by molar-refractivity contribution is 6.30. The first-order valence-electron chi connectivity index (χ1n) is 14.8. The number of anilines is 2. The van der Waals surface area contributed by atoms with Crippen LogP contribution in [0.2, 0.25) is 10.0 Å². The van der Waals surface area contributed by atoms with E-state index in [0.717, 1.165) is 12.2 Å². The van der Waals surface area contributed by atoms with Gasteiger partial charge < -0.3 is 20.3 Å². The molecule has 2 fully saturated rings. The summed E-state index contributed by atoms with van der Waals surface area (Å²) in [5.41, 5.74) is -0.889. The number of hydroxylamine groups is 2. The minimum atomic E-state index is -0.742. The van der Waals surface area contributed by atoms with Crippen LogP contribution in [0, 0.1) is 0 Å². The van der Waals surface area contributed by atoms with Crippen LogP contribution < -0.4 is 20.8 Å². The number of carbonyl (C=O) groups excluding carboxylic acids is 2. The van der Waals surface area contributed by atoms with Gasteiger partial charge in [-0.15, -0.1) is 0 Å². The first-order chi connectivity index (χ1) is 20.3. The maximum Gasteiger partial charge on any atom is 0.356 e. The van der Waals surface area contributed by atoms with Gasteiger partial charge in [-0.2, -0.15) is 10.1 Å². The quantitative estimate of drug-likeness (QED) is 0.255. The normalized spacial score (nSPS) is 21.0. The average Bonchev–Trinajstić information content (AvgIpc) is 2.87. The summed E-state index contributed by atoms with van der Waals surface area (Å²) >= 11 is 12.2. The van der Waals surface area contributed by atoms with Crippen LogP contribution in [0.15, 0.2) is 48.8 Å². The molecule has 0 aromatic carbocycles. The summed E-state index contributed by atoms with van der Waals surface area (Å²) in [7, 11) is 0. The van der Waals surface area contributed by atoms with Gasteiger partial charge in [0.05, 0.1) is 22.1 Å². The minimum Gasteiger partial charge on any atom is -0.334 e. The van der Waals surface area contributed by atoms with Gasteiger partial charge in [0.25, 0.3) is 0 Å². The van der Waals surface area contributed by atoms with E-state index in [1.165, 1.54) is 22.5 Å². The lowest BCUT2D eigenvalue weighted by atomic mass is 9.79. The van der Waals surface area contributed by atoms with E-state index in [9.17, 15) is 9.59 Å². The molecule has 4 heterocycles. The zero-order valence-corrected chi connectivity index (χ0v) is 28.3. The van der Waals surface area contributed by atoms with Crippen LogP contribution in [-0.4, -0.2) is 56.1 Å². The highest BCUT2D eigenvalue weighted by Crippen LogP contribution is 2.35. The van der Waals surface area contributed by atoms with Gasteiger partial charge in [0.1, 0.15) is 0 Å². The molecule has 0 spiro atoms. The molecule has 0 saturated carbocycles. The van der Waals surface area contributed by atoms with Crippen LogP contribution in [0.3, 0.4) is 0 Å². The Morgan fingerprint density at radius 1 is 0.682 bits per heavy atom. The van der Waals surface area contributed by atoms with E-state index >= 15 is 0 Å². The van der Waals surface area contributed by atoms with Crippen molar-refractivity contribution in [1.29, 1.82) is 0 Å². The number of aromatic nitrogens is 2. The zero-order valence-electron chi connectivity index (χ0n) is 26.8. The van der Waals surface area contributed by atoms with Crippen molar-refractivity contribution in [3.8, 4) is 0 Å². The molecular weight excluding hydrogens is 603 g/mol. The smallest absolute Gasteiger partial charge is 0.334 e. The Bertz CT molecular complexity index is 1230. The van der Waals surface area contributed by atoms with E-state index in [0.29, 0.717) is 47.4 Å². The van der Waals surface area contributed by atoms with Gasteiger partial charge in [0.2, 0.25) is 0 Å². The molecule has 0 amide bonds. The van der Waals surface area contributed by atoms with Crippen LogP contribution in [0.4, 0.5) is 11.6 Å². The number of halogens is 2. The van der Waals surface area contributed by atoms with Crippen LogP contribution in [-0.2, 0) is 19.3 Å². The van der Waals surface area contributed by atoms with Gasteiger partial charge in [-0.25, -0.2) is 19.6 Å². The Hall–Kier alpha value is -2.92. The zero-order chi connectivity index (χ0) is 32.5. The second-order valence-electron chi connectivity index (χ2n) is 14.4. The van der Waals surface area contributed by atoms with Crippen molar-refractivity contribution in [3.05, 3.63) is 58.9 Å². The highest BCUT2D eigenvalue weighted by Gasteiger charge is 2.43. The van der Waals surface area contributed by atoms with Crippen LogP contribution in [0.25, 0.3) is 0 Å². The predicted molar refractivity (Wildman–Crippen MR) is 173 cm³/mol. The summed E-state index contributed by atoms with van der Waals surface area (Å²) in [5, 5.41) is 11.2. The number of nitrogens with one attached hydrogen (secondary N) is 2. The van der Waals surface area contributed by atoms with Gasteiger partial charge in [0.15, 0.2) is 11.6 Å². The number of hydrogen-bond acceptors (Lipinski definition) is 10.